The molecule has 0 bridgehead atoms. The second-order valence-corrected chi connectivity index (χ2v) is 5.86. The molecule has 3 unspecified atom stereocenters. The van der Waals surface area contributed by atoms with Gasteiger partial charge in [0.05, 0.1) is 6.10 Å². The van der Waals surface area contributed by atoms with Crippen molar-refractivity contribution in [3.8, 4) is 11.5 Å². The molecular weight excluding hydrogens is 336 g/mol. The zero-order chi connectivity index (χ0) is 18.8. The molecule has 1 aliphatic carbocycles. The standard InChI is InChI=1S/C16H18O9/c17-9-3-1-8(5-10(9)18)2-4-13(20)25-12-7-16(24,15(22)23)6-11(19)14(12)21/h1-5,11-12,14,17-19,21,24H,6-7H2,(H,22,23)/b4-2-/t11-,12?,14?,16?/m1/s1. The Hall–Kier alpha value is -2.62. The van der Waals surface area contributed by atoms with Gasteiger partial charge in [0.25, 0.3) is 0 Å². The highest BCUT2D eigenvalue weighted by Crippen LogP contribution is 2.31. The lowest BCUT2D eigenvalue weighted by Crippen LogP contribution is -2.57. The molecule has 4 atom stereocenters. The van der Waals surface area contributed by atoms with Gasteiger partial charge in [0.1, 0.15) is 12.2 Å². The van der Waals surface area contributed by atoms with Crippen LogP contribution in [0.2, 0.25) is 0 Å². The van der Waals surface area contributed by atoms with Gasteiger partial charge in [0.15, 0.2) is 17.1 Å². The number of aliphatic hydroxyl groups is 3. The molecule has 136 valence electrons. The fourth-order valence-electron chi connectivity index (χ4n) is 2.53. The van der Waals surface area contributed by atoms with Crippen molar-refractivity contribution in [1.82, 2.24) is 0 Å². The predicted octanol–water partition coefficient (Wildman–Crippen LogP) is -0.646. The lowest BCUT2D eigenvalue weighted by molar-refractivity contribution is -0.196. The van der Waals surface area contributed by atoms with Crippen molar-refractivity contribution in [3.63, 3.8) is 0 Å². The predicted molar refractivity (Wildman–Crippen MR) is 82.5 cm³/mol. The van der Waals surface area contributed by atoms with E-state index in [1.165, 1.54) is 24.3 Å². The smallest absolute Gasteiger partial charge is 0.335 e. The second kappa shape index (κ2) is 7.09. The van der Waals surface area contributed by atoms with Crippen LogP contribution >= 0.6 is 0 Å². The van der Waals surface area contributed by atoms with Crippen LogP contribution in [0.1, 0.15) is 18.4 Å². The summed E-state index contributed by atoms with van der Waals surface area (Å²) in [6.45, 7) is 0. The first-order valence-electron chi connectivity index (χ1n) is 7.35. The maximum Gasteiger partial charge on any atom is 0.335 e. The molecule has 2 rings (SSSR count). The number of carboxylic acid groups (broad SMARTS) is 1. The second-order valence-electron chi connectivity index (χ2n) is 5.86. The SMILES string of the molecule is O=C(/C=C\c1ccc(O)c(O)c1)OC1CC(O)(C(=O)O)C[C@@H](O)C1O. The zero-order valence-electron chi connectivity index (χ0n) is 12.9. The summed E-state index contributed by atoms with van der Waals surface area (Å²) < 4.78 is 4.92. The lowest BCUT2D eigenvalue weighted by atomic mass is 9.79. The highest BCUT2D eigenvalue weighted by atomic mass is 16.6. The van der Waals surface area contributed by atoms with E-state index in [9.17, 15) is 35.1 Å². The Balaban J connectivity index is 2.06. The molecule has 0 heterocycles. The number of carboxylic acids is 1. The molecule has 1 fully saturated rings. The summed E-state index contributed by atoms with van der Waals surface area (Å²) in [6, 6.07) is 3.83. The highest BCUT2D eigenvalue weighted by molar-refractivity contribution is 5.87. The summed E-state index contributed by atoms with van der Waals surface area (Å²) in [6.07, 6.45) is -3.44. The molecule has 1 aromatic rings. The Labute approximate surface area is 142 Å². The number of aliphatic carboxylic acids is 1. The first kappa shape index (κ1) is 18.7. The number of rotatable bonds is 4. The number of esters is 1. The summed E-state index contributed by atoms with van der Waals surface area (Å²) in [7, 11) is 0. The van der Waals surface area contributed by atoms with Crippen molar-refractivity contribution in [2.45, 2.75) is 36.8 Å². The van der Waals surface area contributed by atoms with Crippen LogP contribution in [0.25, 0.3) is 6.08 Å². The number of phenolic OH excluding ortho intramolecular Hbond substituents is 2. The highest BCUT2D eigenvalue weighted by Gasteiger charge is 2.50. The van der Waals surface area contributed by atoms with E-state index in [1.807, 2.05) is 0 Å². The van der Waals surface area contributed by atoms with E-state index in [2.05, 4.69) is 0 Å². The molecule has 0 saturated heterocycles. The van der Waals surface area contributed by atoms with Crippen molar-refractivity contribution >= 4 is 18.0 Å². The third kappa shape index (κ3) is 4.27. The minimum atomic E-state index is -2.31. The number of carbonyl (C=O) groups excluding carboxylic acids is 1. The van der Waals surface area contributed by atoms with Crippen molar-refractivity contribution in [2.24, 2.45) is 0 Å². The molecule has 0 radical (unpaired) electrons. The monoisotopic (exact) mass is 354 g/mol. The fourth-order valence-corrected chi connectivity index (χ4v) is 2.53. The number of hydrogen-bond acceptors (Lipinski definition) is 8. The number of ether oxygens (including phenoxy) is 1. The molecule has 0 aliphatic heterocycles. The number of benzene rings is 1. The van der Waals surface area contributed by atoms with Gasteiger partial charge in [-0.05, 0) is 23.8 Å². The Kier molecular flexibility index (Phi) is 5.31. The number of carbonyl (C=O) groups is 2. The molecule has 9 heteroatoms. The van der Waals surface area contributed by atoms with E-state index in [-0.39, 0.29) is 11.5 Å². The van der Waals surface area contributed by atoms with Crippen molar-refractivity contribution in [2.75, 3.05) is 0 Å². The van der Waals surface area contributed by atoms with Crippen LogP contribution in [-0.2, 0) is 14.3 Å². The summed E-state index contributed by atoms with van der Waals surface area (Å²) in [5.74, 6) is -3.24. The van der Waals surface area contributed by atoms with E-state index < -0.39 is 48.7 Å². The Bertz CT molecular complexity index is 699. The van der Waals surface area contributed by atoms with Crippen molar-refractivity contribution < 1.29 is 45.0 Å². The average molecular weight is 354 g/mol. The van der Waals surface area contributed by atoms with Crippen LogP contribution in [0.3, 0.4) is 0 Å². The lowest BCUT2D eigenvalue weighted by Gasteiger charge is -2.39. The zero-order valence-corrected chi connectivity index (χ0v) is 12.9. The van der Waals surface area contributed by atoms with Crippen molar-refractivity contribution in [1.29, 1.82) is 0 Å². The van der Waals surface area contributed by atoms with Crippen LogP contribution in [0, 0.1) is 0 Å². The van der Waals surface area contributed by atoms with E-state index >= 15 is 0 Å². The molecule has 0 aromatic heterocycles. The topological polar surface area (TPSA) is 165 Å². The molecule has 1 aromatic carbocycles. The number of aromatic hydroxyl groups is 2. The molecule has 6 N–H and O–H groups in total. The number of hydrogen-bond donors (Lipinski definition) is 6. The van der Waals surface area contributed by atoms with Gasteiger partial charge >= 0.3 is 11.9 Å². The molecule has 1 saturated carbocycles. The summed E-state index contributed by atoms with van der Waals surface area (Å²) >= 11 is 0. The normalized spacial score (nSPS) is 29.5. The van der Waals surface area contributed by atoms with E-state index in [0.717, 1.165) is 6.08 Å². The van der Waals surface area contributed by atoms with E-state index in [1.54, 1.807) is 0 Å². The molecule has 0 spiro atoms. The number of aliphatic hydroxyl groups excluding tert-OH is 2. The summed E-state index contributed by atoms with van der Waals surface area (Å²) in [5, 5.41) is 57.0. The summed E-state index contributed by atoms with van der Waals surface area (Å²) in [4.78, 5) is 22.9. The minimum Gasteiger partial charge on any atom is -0.504 e. The molecule has 1 aliphatic rings. The van der Waals surface area contributed by atoms with Gasteiger partial charge in [-0.1, -0.05) is 6.07 Å². The first-order valence-corrected chi connectivity index (χ1v) is 7.35. The van der Waals surface area contributed by atoms with E-state index in [4.69, 9.17) is 9.84 Å². The largest absolute Gasteiger partial charge is 0.504 e. The quantitative estimate of drug-likeness (QED) is 0.234. The molecular formula is C16H18O9. The van der Waals surface area contributed by atoms with Gasteiger partial charge in [-0.15, -0.1) is 0 Å². The van der Waals surface area contributed by atoms with Crippen LogP contribution in [0.4, 0.5) is 0 Å². The third-order valence-corrected chi connectivity index (χ3v) is 3.94. The van der Waals surface area contributed by atoms with E-state index in [0.29, 0.717) is 5.56 Å². The molecule has 9 nitrogen and oxygen atoms in total. The van der Waals surface area contributed by atoms with Gasteiger partial charge in [0, 0.05) is 18.9 Å². The maximum absolute atomic E-state index is 11.8. The Morgan fingerprint density at radius 3 is 2.44 bits per heavy atom. The van der Waals surface area contributed by atoms with Gasteiger partial charge in [-0.2, -0.15) is 0 Å². The van der Waals surface area contributed by atoms with Gasteiger partial charge in [0.2, 0.25) is 0 Å². The van der Waals surface area contributed by atoms with Crippen LogP contribution in [-0.4, -0.2) is 66.5 Å². The minimum absolute atomic E-state index is 0.327. The van der Waals surface area contributed by atoms with Crippen LogP contribution in [0.15, 0.2) is 24.3 Å². The first-order chi connectivity index (χ1) is 11.6. The van der Waals surface area contributed by atoms with Gasteiger partial charge in [-0.25, -0.2) is 9.59 Å². The average Bonchev–Trinajstić information content (AvgIpc) is 2.53. The summed E-state index contributed by atoms with van der Waals surface area (Å²) in [5.41, 5.74) is -1.94. The number of phenols is 2. The molecule has 0 amide bonds. The van der Waals surface area contributed by atoms with Crippen molar-refractivity contribution in [3.05, 3.63) is 29.8 Å². The maximum atomic E-state index is 11.8. The third-order valence-electron chi connectivity index (χ3n) is 3.94. The van der Waals surface area contributed by atoms with Gasteiger partial charge in [-0.3, -0.25) is 0 Å². The van der Waals surface area contributed by atoms with Crippen LogP contribution in [0.5, 0.6) is 11.5 Å². The fraction of sp³-hybridized carbons (Fsp3) is 0.375. The van der Waals surface area contributed by atoms with Gasteiger partial charge < -0.3 is 35.4 Å². The molecule has 25 heavy (non-hydrogen) atoms. The Morgan fingerprint density at radius 2 is 1.84 bits per heavy atom. The Morgan fingerprint density at radius 1 is 1.16 bits per heavy atom. The van der Waals surface area contributed by atoms with Crippen LogP contribution < -0.4 is 0 Å².